The molecule has 1 aliphatic rings. The van der Waals surface area contributed by atoms with Crippen LogP contribution in [-0.2, 0) is 12.8 Å². The summed E-state index contributed by atoms with van der Waals surface area (Å²) < 4.78 is 5.24. The Kier molecular flexibility index (Phi) is 4.93. The highest BCUT2D eigenvalue weighted by atomic mass is 16.5. The van der Waals surface area contributed by atoms with E-state index in [9.17, 15) is 0 Å². The number of hydrogen-bond donors (Lipinski definition) is 1. The summed E-state index contributed by atoms with van der Waals surface area (Å²) in [5.41, 5.74) is 5.73. The van der Waals surface area contributed by atoms with E-state index in [2.05, 4.69) is 28.9 Å². The van der Waals surface area contributed by atoms with Crippen molar-refractivity contribution in [1.82, 2.24) is 15.0 Å². The molecule has 1 aromatic rings. The molecule has 0 aromatic carbocycles. The second kappa shape index (κ2) is 6.48. The number of nitrogens with two attached hydrogens (primary N) is 1. The summed E-state index contributed by atoms with van der Waals surface area (Å²) in [6.45, 7) is 8.84. The smallest absolute Gasteiger partial charge is 0.228 e. The Morgan fingerprint density at radius 3 is 2.89 bits per heavy atom. The quantitative estimate of drug-likeness (QED) is 0.877. The first-order valence-electron chi connectivity index (χ1n) is 7.35. The summed E-state index contributed by atoms with van der Waals surface area (Å²) in [6, 6.07) is 0.695. The van der Waals surface area contributed by atoms with Crippen LogP contribution in [0.1, 0.15) is 45.3 Å². The largest absolute Gasteiger partial charge is 0.339 e. The molecule has 2 unspecified atom stereocenters. The summed E-state index contributed by atoms with van der Waals surface area (Å²) in [7, 11) is 0. The molecule has 0 saturated carbocycles. The first-order valence-corrected chi connectivity index (χ1v) is 7.35. The van der Waals surface area contributed by atoms with Crippen molar-refractivity contribution in [2.75, 3.05) is 13.1 Å². The fraction of sp³-hybridized carbons (Fsp3) is 0.857. The zero-order chi connectivity index (χ0) is 13.8. The minimum atomic E-state index is 0.0689. The molecule has 0 amide bonds. The summed E-state index contributed by atoms with van der Waals surface area (Å²) in [5, 5.41) is 4.07. The van der Waals surface area contributed by atoms with Crippen LogP contribution in [0, 0.1) is 5.92 Å². The summed E-state index contributed by atoms with van der Waals surface area (Å²) in [5.74, 6) is 2.16. The minimum absolute atomic E-state index is 0.0689. The number of likely N-dealkylation sites (tertiary alicyclic amines) is 1. The second-order valence-electron chi connectivity index (χ2n) is 6.09. The molecule has 2 N–H and O–H groups in total. The van der Waals surface area contributed by atoms with Gasteiger partial charge in [-0.15, -0.1) is 0 Å². The van der Waals surface area contributed by atoms with Gasteiger partial charge in [0, 0.05) is 31.5 Å². The van der Waals surface area contributed by atoms with Gasteiger partial charge in [-0.2, -0.15) is 4.98 Å². The number of nitrogens with zero attached hydrogens (tertiary/aromatic N) is 3. The van der Waals surface area contributed by atoms with Crippen molar-refractivity contribution in [3.8, 4) is 0 Å². The molecule has 5 heteroatoms. The van der Waals surface area contributed by atoms with Crippen molar-refractivity contribution < 1.29 is 4.52 Å². The van der Waals surface area contributed by atoms with Gasteiger partial charge in [-0.05, 0) is 46.1 Å². The van der Waals surface area contributed by atoms with Gasteiger partial charge in [-0.25, -0.2) is 0 Å². The van der Waals surface area contributed by atoms with Gasteiger partial charge in [0.15, 0.2) is 5.82 Å². The molecular formula is C14H26N4O. The zero-order valence-corrected chi connectivity index (χ0v) is 12.3. The summed E-state index contributed by atoms with van der Waals surface area (Å²) >= 11 is 0. The predicted octanol–water partition coefficient (Wildman–Crippen LogP) is 1.62. The molecule has 0 bridgehead atoms. The van der Waals surface area contributed by atoms with Gasteiger partial charge >= 0.3 is 0 Å². The Hall–Kier alpha value is -0.940. The van der Waals surface area contributed by atoms with E-state index in [1.807, 2.05) is 6.92 Å². The van der Waals surface area contributed by atoms with Gasteiger partial charge in [-0.1, -0.05) is 5.16 Å². The molecule has 1 fully saturated rings. The van der Waals surface area contributed by atoms with Crippen LogP contribution in [0.2, 0.25) is 0 Å². The molecule has 2 atom stereocenters. The number of rotatable bonds is 5. The summed E-state index contributed by atoms with van der Waals surface area (Å²) in [6.07, 6.45) is 4.12. The lowest BCUT2D eigenvalue weighted by molar-refractivity contribution is 0.138. The number of aromatic nitrogens is 2. The van der Waals surface area contributed by atoms with Crippen molar-refractivity contribution >= 4 is 0 Å². The van der Waals surface area contributed by atoms with E-state index in [4.69, 9.17) is 10.3 Å². The highest BCUT2D eigenvalue weighted by Crippen LogP contribution is 2.21. The standard InChI is InChI=1S/C14H26N4O/c1-10(2)18-6-4-5-12(9-18)8-13-16-14(19-17-13)7-11(3)15/h10-12H,4-9,15H2,1-3H3. The average molecular weight is 266 g/mol. The monoisotopic (exact) mass is 266 g/mol. The van der Waals surface area contributed by atoms with Crippen LogP contribution in [0.15, 0.2) is 4.52 Å². The number of hydrogen-bond acceptors (Lipinski definition) is 5. The van der Waals surface area contributed by atoms with Crippen molar-refractivity contribution in [3.05, 3.63) is 11.7 Å². The van der Waals surface area contributed by atoms with E-state index in [0.29, 0.717) is 24.3 Å². The highest BCUT2D eigenvalue weighted by molar-refractivity contribution is 4.91. The third-order valence-electron chi connectivity index (χ3n) is 3.76. The molecule has 5 nitrogen and oxygen atoms in total. The topological polar surface area (TPSA) is 68.2 Å². The SMILES string of the molecule is CC(N)Cc1nc(CC2CCCN(C(C)C)C2)no1. The Labute approximate surface area is 115 Å². The van der Waals surface area contributed by atoms with E-state index >= 15 is 0 Å². The first kappa shape index (κ1) is 14.5. The molecule has 0 aliphatic carbocycles. The van der Waals surface area contributed by atoms with E-state index in [1.54, 1.807) is 0 Å². The van der Waals surface area contributed by atoms with Gasteiger partial charge in [-0.3, -0.25) is 0 Å². The van der Waals surface area contributed by atoms with Crippen molar-refractivity contribution in [2.24, 2.45) is 11.7 Å². The van der Waals surface area contributed by atoms with Crippen molar-refractivity contribution in [3.63, 3.8) is 0 Å². The maximum Gasteiger partial charge on any atom is 0.228 e. The van der Waals surface area contributed by atoms with Crippen molar-refractivity contribution in [2.45, 2.75) is 58.5 Å². The van der Waals surface area contributed by atoms with Gasteiger partial charge in [0.05, 0.1) is 0 Å². The Morgan fingerprint density at radius 2 is 2.21 bits per heavy atom. The molecule has 2 rings (SSSR count). The van der Waals surface area contributed by atoms with Crippen LogP contribution in [0.4, 0.5) is 0 Å². The lowest BCUT2D eigenvalue weighted by Crippen LogP contribution is -2.40. The van der Waals surface area contributed by atoms with Crippen LogP contribution < -0.4 is 5.73 Å². The van der Waals surface area contributed by atoms with Crippen LogP contribution in [0.25, 0.3) is 0 Å². The van der Waals surface area contributed by atoms with E-state index in [0.717, 1.165) is 18.8 Å². The molecule has 19 heavy (non-hydrogen) atoms. The third kappa shape index (κ3) is 4.28. The molecular weight excluding hydrogens is 240 g/mol. The fourth-order valence-corrected chi connectivity index (χ4v) is 2.72. The zero-order valence-electron chi connectivity index (χ0n) is 12.3. The van der Waals surface area contributed by atoms with Crippen LogP contribution in [-0.4, -0.2) is 40.2 Å². The maximum atomic E-state index is 5.73. The van der Waals surface area contributed by atoms with E-state index in [1.165, 1.54) is 19.4 Å². The molecule has 108 valence electrons. The normalized spacial score (nSPS) is 22.9. The van der Waals surface area contributed by atoms with E-state index in [-0.39, 0.29) is 6.04 Å². The summed E-state index contributed by atoms with van der Waals surface area (Å²) in [4.78, 5) is 6.98. The van der Waals surface area contributed by atoms with Crippen LogP contribution in [0.3, 0.4) is 0 Å². The predicted molar refractivity (Wildman–Crippen MR) is 74.8 cm³/mol. The minimum Gasteiger partial charge on any atom is -0.339 e. The second-order valence-corrected chi connectivity index (χ2v) is 6.09. The third-order valence-corrected chi connectivity index (χ3v) is 3.76. The van der Waals surface area contributed by atoms with Gasteiger partial charge in [0.2, 0.25) is 5.89 Å². The average Bonchev–Trinajstić information content (AvgIpc) is 2.76. The Bertz CT molecular complexity index is 389. The van der Waals surface area contributed by atoms with Gasteiger partial charge < -0.3 is 15.2 Å². The Morgan fingerprint density at radius 1 is 1.42 bits per heavy atom. The lowest BCUT2D eigenvalue weighted by atomic mass is 9.94. The molecule has 0 spiro atoms. The molecule has 1 aromatic heterocycles. The Balaban J connectivity index is 1.88. The number of piperidine rings is 1. The molecule has 2 heterocycles. The molecule has 1 saturated heterocycles. The fourth-order valence-electron chi connectivity index (χ4n) is 2.72. The highest BCUT2D eigenvalue weighted by Gasteiger charge is 2.23. The van der Waals surface area contributed by atoms with Gasteiger partial charge in [0.1, 0.15) is 0 Å². The molecule has 1 aliphatic heterocycles. The van der Waals surface area contributed by atoms with Crippen molar-refractivity contribution in [1.29, 1.82) is 0 Å². The first-order chi connectivity index (χ1) is 9.04. The van der Waals surface area contributed by atoms with E-state index < -0.39 is 0 Å². The lowest BCUT2D eigenvalue weighted by Gasteiger charge is -2.35. The van der Waals surface area contributed by atoms with Gasteiger partial charge in [0.25, 0.3) is 0 Å². The van der Waals surface area contributed by atoms with Crippen LogP contribution in [0.5, 0.6) is 0 Å². The maximum absolute atomic E-state index is 5.73. The van der Waals surface area contributed by atoms with Crippen LogP contribution >= 0.6 is 0 Å². The molecule has 0 radical (unpaired) electrons.